The van der Waals surface area contributed by atoms with Gasteiger partial charge < -0.3 is 20.4 Å². The molecule has 0 radical (unpaired) electrons. The fraction of sp³-hybridized carbons (Fsp3) is 0.355. The first-order valence-electron chi connectivity index (χ1n) is 13.2. The molecule has 192 valence electrons. The van der Waals surface area contributed by atoms with Crippen molar-refractivity contribution in [2.75, 3.05) is 38.0 Å². The number of amides is 3. The van der Waals surface area contributed by atoms with Crippen molar-refractivity contribution in [3.63, 3.8) is 0 Å². The number of para-hydroxylation sites is 1. The SMILES string of the molecule is Cc1cccc(C)c1C(=O)N1CC2CN(CCC(NC(=O)Nc3ccccc3)c3ccccc3)CC2C1. The maximum absolute atomic E-state index is 13.3. The van der Waals surface area contributed by atoms with Gasteiger partial charge in [0, 0.05) is 44.0 Å². The molecule has 6 nitrogen and oxygen atoms in total. The van der Waals surface area contributed by atoms with Crippen LogP contribution >= 0.6 is 0 Å². The number of hydrogen-bond acceptors (Lipinski definition) is 3. The molecule has 2 saturated heterocycles. The van der Waals surface area contributed by atoms with Gasteiger partial charge in [0.05, 0.1) is 6.04 Å². The van der Waals surface area contributed by atoms with Gasteiger partial charge in [-0.15, -0.1) is 0 Å². The van der Waals surface area contributed by atoms with E-state index in [0.717, 1.165) is 67.1 Å². The van der Waals surface area contributed by atoms with Crippen LogP contribution in [0.1, 0.15) is 39.5 Å². The van der Waals surface area contributed by atoms with Gasteiger partial charge >= 0.3 is 6.03 Å². The van der Waals surface area contributed by atoms with E-state index < -0.39 is 0 Å². The molecule has 3 aromatic carbocycles. The lowest BCUT2D eigenvalue weighted by molar-refractivity contribution is 0.0772. The zero-order chi connectivity index (χ0) is 25.8. The van der Waals surface area contributed by atoms with Crippen molar-refractivity contribution in [2.24, 2.45) is 11.8 Å². The number of nitrogens with zero attached hydrogens (tertiary/aromatic N) is 2. The second-order valence-electron chi connectivity index (χ2n) is 10.5. The second kappa shape index (κ2) is 11.2. The standard InChI is InChI=1S/C31H36N4O2/c1-22-10-9-11-23(2)29(22)30(36)35-20-25-18-34(19-26(25)21-35)17-16-28(24-12-5-3-6-13-24)33-31(37)32-27-14-7-4-8-15-27/h3-15,25-26,28H,16-21H2,1-2H3,(H2,32,33,37). The van der Waals surface area contributed by atoms with Crippen LogP contribution in [0.2, 0.25) is 0 Å². The van der Waals surface area contributed by atoms with Crippen molar-refractivity contribution in [1.82, 2.24) is 15.1 Å². The molecule has 2 aliphatic heterocycles. The summed E-state index contributed by atoms with van der Waals surface area (Å²) in [6.07, 6.45) is 0.830. The van der Waals surface area contributed by atoms with Gasteiger partial charge in [0.25, 0.3) is 5.91 Å². The minimum atomic E-state index is -0.195. The van der Waals surface area contributed by atoms with E-state index >= 15 is 0 Å². The van der Waals surface area contributed by atoms with Gasteiger partial charge in [-0.25, -0.2) is 4.79 Å². The molecule has 0 bridgehead atoms. The summed E-state index contributed by atoms with van der Waals surface area (Å²) in [5, 5.41) is 6.12. The smallest absolute Gasteiger partial charge is 0.319 e. The molecule has 2 heterocycles. The van der Waals surface area contributed by atoms with Crippen LogP contribution in [0.4, 0.5) is 10.5 Å². The molecule has 2 fully saturated rings. The Morgan fingerprint density at radius 2 is 1.41 bits per heavy atom. The van der Waals surface area contributed by atoms with Crippen LogP contribution in [0.15, 0.2) is 78.9 Å². The molecule has 37 heavy (non-hydrogen) atoms. The van der Waals surface area contributed by atoms with Crippen molar-refractivity contribution in [3.8, 4) is 0 Å². The summed E-state index contributed by atoms with van der Waals surface area (Å²) in [5.74, 6) is 1.20. The minimum Gasteiger partial charge on any atom is -0.338 e. The summed E-state index contributed by atoms with van der Waals surface area (Å²) >= 11 is 0. The number of anilines is 1. The molecule has 3 unspecified atom stereocenters. The average molecular weight is 497 g/mol. The second-order valence-corrected chi connectivity index (χ2v) is 10.5. The predicted molar refractivity (Wildman–Crippen MR) is 148 cm³/mol. The van der Waals surface area contributed by atoms with Crippen LogP contribution in [0, 0.1) is 25.7 Å². The first kappa shape index (κ1) is 25.0. The number of hydrogen-bond donors (Lipinski definition) is 2. The summed E-state index contributed by atoms with van der Waals surface area (Å²) in [6.45, 7) is 8.61. The molecule has 3 atom stereocenters. The van der Waals surface area contributed by atoms with Crippen LogP contribution in [0.3, 0.4) is 0 Å². The highest BCUT2D eigenvalue weighted by atomic mass is 16.2. The van der Waals surface area contributed by atoms with E-state index in [4.69, 9.17) is 0 Å². The maximum Gasteiger partial charge on any atom is 0.319 e. The van der Waals surface area contributed by atoms with Gasteiger partial charge in [0.2, 0.25) is 0 Å². The average Bonchev–Trinajstić information content (AvgIpc) is 3.47. The van der Waals surface area contributed by atoms with Crippen LogP contribution in [-0.2, 0) is 0 Å². The summed E-state index contributed by atoms with van der Waals surface area (Å²) < 4.78 is 0. The number of carbonyl (C=O) groups excluding carboxylic acids is 2. The van der Waals surface area contributed by atoms with E-state index in [-0.39, 0.29) is 18.0 Å². The number of fused-ring (bicyclic) bond motifs is 1. The number of aryl methyl sites for hydroxylation is 2. The maximum atomic E-state index is 13.3. The van der Waals surface area contributed by atoms with Gasteiger partial charge in [-0.2, -0.15) is 0 Å². The zero-order valence-corrected chi connectivity index (χ0v) is 21.7. The molecular weight excluding hydrogens is 460 g/mol. The largest absolute Gasteiger partial charge is 0.338 e. The van der Waals surface area contributed by atoms with Crippen LogP contribution in [0.5, 0.6) is 0 Å². The van der Waals surface area contributed by atoms with E-state index in [1.807, 2.05) is 80.6 Å². The Bertz CT molecular complexity index is 1200. The minimum absolute atomic E-state index is 0.0764. The first-order valence-corrected chi connectivity index (χ1v) is 13.2. The lowest BCUT2D eigenvalue weighted by Gasteiger charge is -2.25. The summed E-state index contributed by atoms with van der Waals surface area (Å²) in [4.78, 5) is 30.6. The lowest BCUT2D eigenvalue weighted by Crippen LogP contribution is -2.36. The molecule has 2 aliphatic rings. The number of urea groups is 1. The van der Waals surface area contributed by atoms with Gasteiger partial charge in [-0.1, -0.05) is 66.7 Å². The monoisotopic (exact) mass is 496 g/mol. The molecule has 0 aliphatic carbocycles. The van der Waals surface area contributed by atoms with E-state index in [0.29, 0.717) is 11.8 Å². The number of likely N-dealkylation sites (tertiary alicyclic amines) is 2. The van der Waals surface area contributed by atoms with Gasteiger partial charge in [0.15, 0.2) is 0 Å². The highest BCUT2D eigenvalue weighted by molar-refractivity contribution is 5.97. The van der Waals surface area contributed by atoms with E-state index in [9.17, 15) is 9.59 Å². The topological polar surface area (TPSA) is 64.7 Å². The quantitative estimate of drug-likeness (QED) is 0.469. The number of benzene rings is 3. The molecule has 6 heteroatoms. The molecule has 5 rings (SSSR count). The van der Waals surface area contributed by atoms with Crippen molar-refractivity contribution >= 4 is 17.6 Å². The Labute approximate surface area is 219 Å². The number of rotatable bonds is 7. The summed E-state index contributed by atoms with van der Waals surface area (Å²) in [7, 11) is 0. The highest BCUT2D eigenvalue weighted by Gasteiger charge is 2.42. The number of nitrogens with one attached hydrogen (secondary N) is 2. The van der Waals surface area contributed by atoms with E-state index in [1.165, 1.54) is 0 Å². The van der Waals surface area contributed by atoms with Crippen LogP contribution in [-0.4, -0.2) is 54.5 Å². The molecule has 0 saturated carbocycles. The molecule has 3 aromatic rings. The fourth-order valence-corrected chi connectivity index (χ4v) is 5.91. The fourth-order valence-electron chi connectivity index (χ4n) is 5.91. The Balaban J connectivity index is 1.17. The Morgan fingerprint density at radius 3 is 2.03 bits per heavy atom. The molecule has 0 spiro atoms. The Morgan fingerprint density at radius 1 is 0.811 bits per heavy atom. The predicted octanol–water partition coefficient (Wildman–Crippen LogP) is 5.26. The first-order chi connectivity index (χ1) is 18.0. The third kappa shape index (κ3) is 5.86. The van der Waals surface area contributed by atoms with Crippen molar-refractivity contribution < 1.29 is 9.59 Å². The van der Waals surface area contributed by atoms with Crippen molar-refractivity contribution in [1.29, 1.82) is 0 Å². The normalized spacial score (nSPS) is 19.9. The molecule has 2 N–H and O–H groups in total. The number of carbonyl (C=O) groups is 2. The van der Waals surface area contributed by atoms with Gasteiger partial charge in [-0.3, -0.25) is 4.79 Å². The lowest BCUT2D eigenvalue weighted by atomic mass is 10.0. The van der Waals surface area contributed by atoms with E-state index in [1.54, 1.807) is 0 Å². The third-order valence-corrected chi connectivity index (χ3v) is 7.82. The Hall–Kier alpha value is -3.64. The third-order valence-electron chi connectivity index (χ3n) is 7.82. The molecule has 0 aromatic heterocycles. The summed E-state index contributed by atoms with van der Waals surface area (Å²) in [5.41, 5.74) is 4.86. The zero-order valence-electron chi connectivity index (χ0n) is 21.7. The van der Waals surface area contributed by atoms with Crippen LogP contribution < -0.4 is 10.6 Å². The van der Waals surface area contributed by atoms with Crippen LogP contribution in [0.25, 0.3) is 0 Å². The van der Waals surface area contributed by atoms with E-state index in [2.05, 4.69) is 32.6 Å². The van der Waals surface area contributed by atoms with Gasteiger partial charge in [-0.05, 0) is 60.9 Å². The van der Waals surface area contributed by atoms with Crippen molar-refractivity contribution in [3.05, 3.63) is 101 Å². The van der Waals surface area contributed by atoms with Crippen molar-refractivity contribution in [2.45, 2.75) is 26.3 Å². The van der Waals surface area contributed by atoms with Gasteiger partial charge in [0.1, 0.15) is 0 Å². The molecule has 3 amide bonds. The molecular formula is C31H36N4O2. The Kier molecular flexibility index (Phi) is 7.56. The summed E-state index contributed by atoms with van der Waals surface area (Å²) in [6, 6.07) is 25.5. The highest BCUT2D eigenvalue weighted by Crippen LogP contribution is 2.33.